The van der Waals surface area contributed by atoms with Gasteiger partial charge in [0, 0.05) is 18.3 Å². The van der Waals surface area contributed by atoms with Gasteiger partial charge in [0.1, 0.15) is 6.33 Å². The Kier molecular flexibility index (Phi) is 3.81. The third-order valence-electron chi connectivity index (χ3n) is 4.06. The minimum absolute atomic E-state index is 0.365. The van der Waals surface area contributed by atoms with Crippen molar-refractivity contribution < 1.29 is 0 Å². The quantitative estimate of drug-likeness (QED) is 0.943. The van der Waals surface area contributed by atoms with E-state index in [1.54, 1.807) is 6.33 Å². The van der Waals surface area contributed by atoms with Gasteiger partial charge in [-0.1, -0.05) is 43.0 Å². The lowest BCUT2D eigenvalue weighted by atomic mass is 9.81. The number of benzene rings is 1. The normalized spacial score (nSPS) is 25.4. The van der Waals surface area contributed by atoms with Gasteiger partial charge in [0.25, 0.3) is 0 Å². The van der Waals surface area contributed by atoms with E-state index in [-0.39, 0.29) is 0 Å². The highest BCUT2D eigenvalue weighted by atomic mass is 32.2. The van der Waals surface area contributed by atoms with Crippen molar-refractivity contribution in [3.8, 4) is 0 Å². The monoisotopic (exact) mass is 288 g/mol. The van der Waals surface area contributed by atoms with Gasteiger partial charge in [-0.3, -0.25) is 0 Å². The second-order valence-electron chi connectivity index (χ2n) is 5.41. The van der Waals surface area contributed by atoms with Gasteiger partial charge >= 0.3 is 0 Å². The summed E-state index contributed by atoms with van der Waals surface area (Å²) in [5.41, 5.74) is 2.90. The molecule has 106 valence electrons. The lowest BCUT2D eigenvalue weighted by molar-refractivity contribution is 0.472. The molecule has 0 amide bonds. The van der Waals surface area contributed by atoms with Crippen LogP contribution in [0.5, 0.6) is 0 Å². The van der Waals surface area contributed by atoms with E-state index in [1.165, 1.54) is 11.1 Å². The Balaban J connectivity index is 1.91. The van der Waals surface area contributed by atoms with Gasteiger partial charge in [-0.05, 0) is 30.5 Å². The fraction of sp³-hybridized carbons (Fsp3) is 0.467. The molecule has 0 saturated carbocycles. The first kappa shape index (κ1) is 13.6. The first-order chi connectivity index (χ1) is 9.70. The highest BCUT2D eigenvalue weighted by Gasteiger charge is 2.33. The third kappa shape index (κ3) is 2.36. The van der Waals surface area contributed by atoms with Crippen molar-refractivity contribution in [2.45, 2.75) is 35.7 Å². The smallest absolute Gasteiger partial charge is 0.191 e. The Morgan fingerprint density at radius 2 is 2.05 bits per heavy atom. The molecule has 3 unspecified atom stereocenters. The molecule has 5 heteroatoms. The molecular formula is C15H20N4S. The summed E-state index contributed by atoms with van der Waals surface area (Å²) < 4.78 is 1.99. The molecule has 1 aromatic carbocycles. The zero-order valence-corrected chi connectivity index (χ0v) is 12.9. The van der Waals surface area contributed by atoms with Crippen LogP contribution in [0.3, 0.4) is 0 Å². The van der Waals surface area contributed by atoms with Crippen LogP contribution in [0.25, 0.3) is 0 Å². The van der Waals surface area contributed by atoms with Crippen LogP contribution >= 0.6 is 11.8 Å². The molecule has 1 N–H and O–H groups in total. The number of rotatable bonds is 3. The topological polar surface area (TPSA) is 42.7 Å². The molecule has 3 atom stereocenters. The van der Waals surface area contributed by atoms with Gasteiger partial charge in [0.05, 0.1) is 0 Å². The molecule has 0 radical (unpaired) electrons. The highest BCUT2D eigenvalue weighted by molar-refractivity contribution is 7.99. The minimum atomic E-state index is 0.365. The molecule has 0 saturated heterocycles. The highest BCUT2D eigenvalue weighted by Crippen LogP contribution is 2.44. The number of aryl methyl sites for hydroxylation is 1. The van der Waals surface area contributed by atoms with Gasteiger partial charge in [-0.25, -0.2) is 0 Å². The van der Waals surface area contributed by atoms with E-state index in [9.17, 15) is 0 Å². The Morgan fingerprint density at radius 1 is 1.30 bits per heavy atom. The standard InChI is InChI=1S/C15H20N4S/c1-10-8-13(20-15-18-17-9-19(15)3)14(16-2)12-7-5-4-6-11(10)12/h4-7,9-10,13-14,16H,8H2,1-3H3. The fourth-order valence-electron chi connectivity index (χ4n) is 3.03. The molecule has 3 rings (SSSR count). The third-order valence-corrected chi connectivity index (χ3v) is 5.41. The van der Waals surface area contributed by atoms with Crippen LogP contribution in [-0.4, -0.2) is 27.1 Å². The summed E-state index contributed by atoms with van der Waals surface area (Å²) in [6.07, 6.45) is 2.91. The summed E-state index contributed by atoms with van der Waals surface area (Å²) in [4.78, 5) is 0. The van der Waals surface area contributed by atoms with Crippen molar-refractivity contribution in [2.24, 2.45) is 7.05 Å². The molecule has 0 fully saturated rings. The van der Waals surface area contributed by atoms with Crippen molar-refractivity contribution >= 4 is 11.8 Å². The van der Waals surface area contributed by atoms with Crippen molar-refractivity contribution in [3.05, 3.63) is 41.7 Å². The predicted molar refractivity (Wildman–Crippen MR) is 81.9 cm³/mol. The molecule has 4 nitrogen and oxygen atoms in total. The number of nitrogens with zero attached hydrogens (tertiary/aromatic N) is 3. The van der Waals surface area contributed by atoms with Crippen LogP contribution in [-0.2, 0) is 7.05 Å². The first-order valence-corrected chi connectivity index (χ1v) is 7.85. The molecule has 1 heterocycles. The molecule has 1 aliphatic carbocycles. The van der Waals surface area contributed by atoms with Crippen molar-refractivity contribution in [1.82, 2.24) is 20.1 Å². The van der Waals surface area contributed by atoms with E-state index < -0.39 is 0 Å². The molecule has 20 heavy (non-hydrogen) atoms. The van der Waals surface area contributed by atoms with E-state index in [0.717, 1.165) is 11.6 Å². The van der Waals surface area contributed by atoms with Gasteiger partial charge in [0.2, 0.25) is 0 Å². The molecule has 0 bridgehead atoms. The maximum absolute atomic E-state index is 4.21. The fourth-order valence-corrected chi connectivity index (χ4v) is 4.41. The number of aromatic nitrogens is 3. The van der Waals surface area contributed by atoms with Crippen molar-refractivity contribution in [2.75, 3.05) is 7.05 Å². The molecular weight excluding hydrogens is 268 g/mol. The summed E-state index contributed by atoms with van der Waals surface area (Å²) in [7, 11) is 4.04. The number of hydrogen-bond donors (Lipinski definition) is 1. The van der Waals surface area contributed by atoms with Crippen LogP contribution in [0.2, 0.25) is 0 Å². The summed E-state index contributed by atoms with van der Waals surface area (Å²) in [5, 5.41) is 13.1. The Labute approximate surface area is 124 Å². The SMILES string of the molecule is CNC1c2ccccc2C(C)CC1Sc1nncn1C. The van der Waals surface area contributed by atoms with Gasteiger partial charge in [0.15, 0.2) is 5.16 Å². The van der Waals surface area contributed by atoms with Crippen LogP contribution in [0, 0.1) is 0 Å². The van der Waals surface area contributed by atoms with Crippen LogP contribution < -0.4 is 5.32 Å². The van der Waals surface area contributed by atoms with E-state index in [0.29, 0.717) is 17.2 Å². The second-order valence-corrected chi connectivity index (χ2v) is 6.62. The lowest BCUT2D eigenvalue weighted by Crippen LogP contribution is -2.33. The van der Waals surface area contributed by atoms with Crippen molar-refractivity contribution in [1.29, 1.82) is 0 Å². The Bertz CT molecular complexity index is 595. The number of fused-ring (bicyclic) bond motifs is 1. The molecule has 1 aliphatic rings. The van der Waals surface area contributed by atoms with Crippen LogP contribution in [0.1, 0.15) is 36.4 Å². The molecule has 0 spiro atoms. The van der Waals surface area contributed by atoms with E-state index in [1.807, 2.05) is 30.4 Å². The predicted octanol–water partition coefficient (Wildman–Crippen LogP) is 2.74. The number of hydrogen-bond acceptors (Lipinski definition) is 4. The lowest BCUT2D eigenvalue weighted by Gasteiger charge is -2.36. The average molecular weight is 288 g/mol. The minimum Gasteiger partial charge on any atom is -0.312 e. The molecule has 1 aromatic heterocycles. The van der Waals surface area contributed by atoms with E-state index in [2.05, 4.69) is 46.7 Å². The molecule has 0 aliphatic heterocycles. The second kappa shape index (κ2) is 5.58. The van der Waals surface area contributed by atoms with Crippen LogP contribution in [0.4, 0.5) is 0 Å². The number of thioether (sulfide) groups is 1. The Hall–Kier alpha value is -1.33. The Morgan fingerprint density at radius 3 is 2.70 bits per heavy atom. The largest absolute Gasteiger partial charge is 0.312 e. The van der Waals surface area contributed by atoms with Crippen molar-refractivity contribution in [3.63, 3.8) is 0 Å². The average Bonchev–Trinajstić information content (AvgIpc) is 2.85. The van der Waals surface area contributed by atoms with Crippen LogP contribution in [0.15, 0.2) is 35.7 Å². The van der Waals surface area contributed by atoms with Gasteiger partial charge in [-0.2, -0.15) is 0 Å². The summed E-state index contributed by atoms with van der Waals surface area (Å²) in [5.74, 6) is 0.585. The summed E-state index contributed by atoms with van der Waals surface area (Å²) in [6, 6.07) is 9.14. The zero-order chi connectivity index (χ0) is 14.1. The maximum Gasteiger partial charge on any atom is 0.191 e. The number of nitrogens with one attached hydrogen (secondary N) is 1. The van der Waals surface area contributed by atoms with Gasteiger partial charge < -0.3 is 9.88 Å². The van der Waals surface area contributed by atoms with E-state index >= 15 is 0 Å². The van der Waals surface area contributed by atoms with E-state index in [4.69, 9.17) is 0 Å². The first-order valence-electron chi connectivity index (χ1n) is 6.97. The molecule has 2 aromatic rings. The summed E-state index contributed by atoms with van der Waals surface area (Å²) >= 11 is 1.82. The summed E-state index contributed by atoms with van der Waals surface area (Å²) in [6.45, 7) is 2.31. The van der Waals surface area contributed by atoms with Gasteiger partial charge in [-0.15, -0.1) is 10.2 Å². The zero-order valence-electron chi connectivity index (χ0n) is 12.1. The maximum atomic E-state index is 4.21.